The van der Waals surface area contributed by atoms with Gasteiger partial charge in [-0.05, 0) is 25.2 Å². The van der Waals surface area contributed by atoms with Crippen LogP contribution in [0.15, 0.2) is 4.99 Å². The van der Waals surface area contributed by atoms with Crippen LogP contribution in [0.3, 0.4) is 0 Å². The van der Waals surface area contributed by atoms with Gasteiger partial charge in [-0.3, -0.25) is 24.2 Å². The van der Waals surface area contributed by atoms with Crippen molar-refractivity contribution in [1.29, 1.82) is 0 Å². The van der Waals surface area contributed by atoms with Crippen molar-refractivity contribution in [2.75, 3.05) is 12.3 Å². The summed E-state index contributed by atoms with van der Waals surface area (Å²) >= 11 is 3.97. The third-order valence-corrected chi connectivity index (χ3v) is 4.87. The smallest absolute Gasteiger partial charge is 0.326 e. The van der Waals surface area contributed by atoms with Gasteiger partial charge in [-0.2, -0.15) is 12.6 Å². The summed E-state index contributed by atoms with van der Waals surface area (Å²) in [6.45, 7) is 3.83. The van der Waals surface area contributed by atoms with Crippen molar-refractivity contribution in [3.8, 4) is 0 Å². The topological polar surface area (TPSA) is 258 Å². The highest BCUT2D eigenvalue weighted by atomic mass is 32.1. The molecule has 0 aliphatic carbocycles. The molecule has 0 aromatic rings. The van der Waals surface area contributed by atoms with Gasteiger partial charge in [0, 0.05) is 12.3 Å². The van der Waals surface area contributed by atoms with Gasteiger partial charge in [-0.15, -0.1) is 0 Å². The first-order chi connectivity index (χ1) is 15.8. The molecule has 4 amide bonds. The maximum absolute atomic E-state index is 13.0. The molecule has 0 rings (SSSR count). The number of hydrogen-bond acceptors (Lipinski definition) is 8. The zero-order valence-corrected chi connectivity index (χ0v) is 20.2. The van der Waals surface area contributed by atoms with Gasteiger partial charge in [0.25, 0.3) is 0 Å². The molecule has 0 saturated heterocycles. The van der Waals surface area contributed by atoms with Gasteiger partial charge in [0.1, 0.15) is 18.1 Å². The third kappa shape index (κ3) is 12.8. The summed E-state index contributed by atoms with van der Waals surface area (Å²) in [5.41, 5.74) is 21.3. The fourth-order valence-corrected chi connectivity index (χ4v) is 2.95. The van der Waals surface area contributed by atoms with Gasteiger partial charge in [0.15, 0.2) is 5.96 Å². The lowest BCUT2D eigenvalue weighted by atomic mass is 10.0. The van der Waals surface area contributed by atoms with Gasteiger partial charge in [-0.1, -0.05) is 13.8 Å². The van der Waals surface area contributed by atoms with Crippen LogP contribution in [0, 0.1) is 5.92 Å². The predicted octanol–water partition coefficient (Wildman–Crippen LogP) is -3.24. The first-order valence-electron chi connectivity index (χ1n) is 10.6. The van der Waals surface area contributed by atoms with Crippen LogP contribution < -0.4 is 38.9 Å². The second-order valence-electron chi connectivity index (χ2n) is 8.06. The van der Waals surface area contributed by atoms with Crippen LogP contribution in [0.4, 0.5) is 0 Å². The largest absolute Gasteiger partial charge is 0.480 e. The number of hydrogen-bond donors (Lipinski definition) is 9. The summed E-state index contributed by atoms with van der Waals surface area (Å²) in [6, 6.07) is -4.73. The average Bonchev–Trinajstić information content (AvgIpc) is 2.72. The molecule has 0 saturated carbocycles. The minimum atomic E-state index is -1.58. The van der Waals surface area contributed by atoms with E-state index >= 15 is 0 Å². The molecule has 15 heteroatoms. The zero-order chi connectivity index (χ0) is 26.4. The maximum Gasteiger partial charge on any atom is 0.326 e. The number of carboxylic acids is 1. The van der Waals surface area contributed by atoms with Gasteiger partial charge >= 0.3 is 5.97 Å². The number of aliphatic carboxylic acids is 1. The lowest BCUT2D eigenvalue weighted by Gasteiger charge is -2.25. The summed E-state index contributed by atoms with van der Waals surface area (Å²) in [4.78, 5) is 64.2. The number of thiol groups is 1. The van der Waals surface area contributed by atoms with Crippen molar-refractivity contribution >= 4 is 48.2 Å². The van der Waals surface area contributed by atoms with Gasteiger partial charge in [0.2, 0.25) is 23.6 Å². The summed E-state index contributed by atoms with van der Waals surface area (Å²) in [7, 11) is 0. The molecule has 4 unspecified atom stereocenters. The molecule has 194 valence electrons. The lowest BCUT2D eigenvalue weighted by molar-refractivity contribution is -0.143. The standard InChI is InChI=1S/C19H36N8O6S/c1-9(2)6-12(26-15(29)10(20)8-34)17(31)25-11(4-3-5-24-19(22)23)16(30)27-13(18(32)33)7-14(21)28/h9-13,34H,3-8,20H2,1-2H3,(H2,21,28)(H,25,31)(H,26,29)(H,27,30)(H,32,33)(H4,22,23,24). The van der Waals surface area contributed by atoms with Crippen LogP contribution in [0.25, 0.3) is 0 Å². The Morgan fingerprint density at radius 2 is 1.44 bits per heavy atom. The fourth-order valence-electron chi connectivity index (χ4n) is 2.78. The molecule has 0 fully saturated rings. The highest BCUT2D eigenvalue weighted by Gasteiger charge is 2.30. The molecule has 12 N–H and O–H groups in total. The van der Waals surface area contributed by atoms with E-state index in [1.807, 2.05) is 13.8 Å². The van der Waals surface area contributed by atoms with Gasteiger partial charge in [0.05, 0.1) is 12.5 Å². The number of nitrogens with zero attached hydrogens (tertiary/aromatic N) is 1. The van der Waals surface area contributed by atoms with E-state index in [0.29, 0.717) is 0 Å². The van der Waals surface area contributed by atoms with Crippen LogP contribution in [0.2, 0.25) is 0 Å². The second-order valence-corrected chi connectivity index (χ2v) is 8.42. The van der Waals surface area contributed by atoms with Gasteiger partial charge < -0.3 is 44.0 Å². The summed E-state index contributed by atoms with van der Waals surface area (Å²) in [6.07, 6.45) is -0.0899. The summed E-state index contributed by atoms with van der Waals surface area (Å²) in [5.74, 6) is -4.59. The molecule has 14 nitrogen and oxygen atoms in total. The monoisotopic (exact) mass is 504 g/mol. The van der Waals surface area contributed by atoms with Crippen molar-refractivity contribution in [3.63, 3.8) is 0 Å². The molecule has 0 aromatic heterocycles. The van der Waals surface area contributed by atoms with Gasteiger partial charge in [-0.25, -0.2) is 4.79 Å². The first-order valence-corrected chi connectivity index (χ1v) is 11.3. The van der Waals surface area contributed by atoms with E-state index in [2.05, 4.69) is 33.6 Å². The zero-order valence-electron chi connectivity index (χ0n) is 19.3. The molecule has 4 atom stereocenters. The molecular formula is C19H36N8O6S. The summed E-state index contributed by atoms with van der Waals surface area (Å²) < 4.78 is 0. The molecule has 0 aliphatic rings. The normalized spacial score (nSPS) is 14.3. The van der Waals surface area contributed by atoms with Crippen molar-refractivity contribution in [2.24, 2.45) is 33.8 Å². The fraction of sp³-hybridized carbons (Fsp3) is 0.684. The second kappa shape index (κ2) is 15.7. The van der Waals surface area contributed by atoms with E-state index < -0.39 is 60.2 Å². The molecule has 34 heavy (non-hydrogen) atoms. The van der Waals surface area contributed by atoms with Crippen LogP contribution >= 0.6 is 12.6 Å². The lowest BCUT2D eigenvalue weighted by Crippen LogP contribution is -2.57. The molecule has 0 spiro atoms. The van der Waals surface area contributed by atoms with Crippen LogP contribution in [0.5, 0.6) is 0 Å². The number of nitrogens with two attached hydrogens (primary N) is 4. The molecular weight excluding hydrogens is 468 g/mol. The summed E-state index contributed by atoms with van der Waals surface area (Å²) in [5, 5.41) is 16.5. The number of carbonyl (C=O) groups excluding carboxylic acids is 4. The Hall–Kier alpha value is -3.07. The van der Waals surface area contributed by atoms with E-state index in [-0.39, 0.29) is 43.4 Å². The van der Waals surface area contributed by atoms with E-state index in [4.69, 9.17) is 22.9 Å². The van der Waals surface area contributed by atoms with Crippen LogP contribution in [0.1, 0.15) is 39.5 Å². The first kappa shape index (κ1) is 30.9. The Morgan fingerprint density at radius 3 is 1.91 bits per heavy atom. The molecule has 0 aliphatic heterocycles. The van der Waals surface area contributed by atoms with Crippen LogP contribution in [-0.4, -0.2) is 77.1 Å². The highest BCUT2D eigenvalue weighted by molar-refractivity contribution is 7.80. The number of amides is 4. The Bertz CT molecular complexity index is 759. The number of guanidine groups is 1. The number of carboxylic acid groups (broad SMARTS) is 1. The van der Waals surface area contributed by atoms with Crippen molar-refractivity contribution in [2.45, 2.75) is 63.7 Å². The SMILES string of the molecule is CC(C)CC(NC(=O)C(N)CS)C(=O)NC(CCCN=C(N)N)C(=O)NC(CC(N)=O)C(=O)O. The number of aliphatic imine (C=N–C) groups is 1. The van der Waals surface area contributed by atoms with E-state index in [1.165, 1.54) is 0 Å². The van der Waals surface area contributed by atoms with Crippen LogP contribution in [-0.2, 0) is 24.0 Å². The Kier molecular flexibility index (Phi) is 14.3. The molecule has 0 bridgehead atoms. The van der Waals surface area contributed by atoms with E-state index in [9.17, 15) is 29.1 Å². The molecule has 0 aromatic carbocycles. The number of rotatable bonds is 16. The molecule has 0 radical (unpaired) electrons. The predicted molar refractivity (Wildman–Crippen MR) is 128 cm³/mol. The maximum atomic E-state index is 13.0. The number of primary amides is 1. The van der Waals surface area contributed by atoms with E-state index in [0.717, 1.165) is 0 Å². The average molecular weight is 505 g/mol. The third-order valence-electron chi connectivity index (χ3n) is 4.47. The van der Waals surface area contributed by atoms with Crippen molar-refractivity contribution < 1.29 is 29.1 Å². The number of nitrogens with one attached hydrogen (secondary N) is 3. The Labute approximate surface area is 203 Å². The van der Waals surface area contributed by atoms with E-state index in [1.54, 1.807) is 0 Å². The quantitative estimate of drug-likeness (QED) is 0.0442. The minimum Gasteiger partial charge on any atom is -0.480 e. The van der Waals surface area contributed by atoms with Crippen molar-refractivity contribution in [1.82, 2.24) is 16.0 Å². The van der Waals surface area contributed by atoms with Crippen molar-refractivity contribution in [3.05, 3.63) is 0 Å². The Morgan fingerprint density at radius 1 is 0.912 bits per heavy atom. The number of carbonyl (C=O) groups is 5. The minimum absolute atomic E-state index is 0.00405. The Balaban J connectivity index is 5.61. The molecule has 0 heterocycles. The highest BCUT2D eigenvalue weighted by Crippen LogP contribution is 2.08.